The highest BCUT2D eigenvalue weighted by molar-refractivity contribution is 9.10. The Balaban J connectivity index is 2.22. The zero-order valence-corrected chi connectivity index (χ0v) is 13.6. The Morgan fingerprint density at radius 2 is 1.95 bits per heavy atom. The zero-order chi connectivity index (χ0) is 15.4. The van der Waals surface area contributed by atoms with Gasteiger partial charge in [0.25, 0.3) is 5.91 Å². The average Bonchev–Trinajstić information content (AvgIpc) is 3.00. The molecule has 112 valence electrons. The van der Waals surface area contributed by atoms with Crippen LogP contribution in [-0.2, 0) is 0 Å². The Bertz CT molecular complexity index is 625. The van der Waals surface area contributed by atoms with Gasteiger partial charge in [0.05, 0.1) is 26.5 Å². The molecule has 1 atom stereocenters. The summed E-state index contributed by atoms with van der Waals surface area (Å²) in [5.74, 6) is 1.24. The Morgan fingerprint density at radius 3 is 2.52 bits per heavy atom. The highest BCUT2D eigenvalue weighted by Gasteiger charge is 2.18. The summed E-state index contributed by atoms with van der Waals surface area (Å²) in [6.07, 6.45) is 1.46. The number of hydrogen-bond acceptors (Lipinski definition) is 4. The van der Waals surface area contributed by atoms with Crippen molar-refractivity contribution in [2.75, 3.05) is 14.2 Å². The molecule has 0 saturated carbocycles. The normalized spacial score (nSPS) is 11.8. The number of rotatable bonds is 5. The smallest absolute Gasteiger partial charge is 0.287 e. The van der Waals surface area contributed by atoms with Crippen molar-refractivity contribution in [3.8, 4) is 11.5 Å². The Labute approximate surface area is 131 Å². The summed E-state index contributed by atoms with van der Waals surface area (Å²) in [7, 11) is 3.15. The maximum Gasteiger partial charge on any atom is 0.287 e. The molecule has 6 heteroatoms. The fourth-order valence-electron chi connectivity index (χ4n) is 1.96. The molecule has 0 fully saturated rings. The van der Waals surface area contributed by atoms with Gasteiger partial charge in [-0.05, 0) is 36.8 Å². The van der Waals surface area contributed by atoms with E-state index in [4.69, 9.17) is 13.9 Å². The van der Waals surface area contributed by atoms with Crippen molar-refractivity contribution in [3.63, 3.8) is 0 Å². The second-order valence-electron chi connectivity index (χ2n) is 4.40. The van der Waals surface area contributed by atoms with Gasteiger partial charge in [-0.2, -0.15) is 0 Å². The van der Waals surface area contributed by atoms with E-state index in [1.54, 1.807) is 26.4 Å². The molecule has 5 nitrogen and oxygen atoms in total. The molecule has 0 aliphatic carbocycles. The van der Waals surface area contributed by atoms with Crippen molar-refractivity contribution in [1.82, 2.24) is 5.32 Å². The summed E-state index contributed by atoms with van der Waals surface area (Å²) in [6, 6.07) is 6.70. The SMILES string of the molecule is COc1cc(Br)c([C@@H](C)NC(=O)c2ccco2)cc1OC. The third-order valence-electron chi connectivity index (χ3n) is 3.06. The van der Waals surface area contributed by atoms with Crippen LogP contribution in [-0.4, -0.2) is 20.1 Å². The molecular weight excluding hydrogens is 338 g/mol. The minimum atomic E-state index is -0.269. The van der Waals surface area contributed by atoms with Crippen LogP contribution in [0, 0.1) is 0 Å². The summed E-state index contributed by atoms with van der Waals surface area (Å²) in [6.45, 7) is 1.88. The molecule has 1 N–H and O–H groups in total. The van der Waals surface area contributed by atoms with Crippen LogP contribution < -0.4 is 14.8 Å². The molecule has 0 saturated heterocycles. The van der Waals surface area contributed by atoms with Crippen LogP contribution in [0.25, 0.3) is 0 Å². The first-order valence-corrected chi connectivity index (χ1v) is 7.12. The largest absolute Gasteiger partial charge is 0.493 e. The number of hydrogen-bond donors (Lipinski definition) is 1. The van der Waals surface area contributed by atoms with Crippen molar-refractivity contribution in [2.45, 2.75) is 13.0 Å². The van der Waals surface area contributed by atoms with E-state index in [2.05, 4.69) is 21.2 Å². The molecule has 1 heterocycles. The van der Waals surface area contributed by atoms with Gasteiger partial charge in [0.2, 0.25) is 0 Å². The van der Waals surface area contributed by atoms with Crippen molar-refractivity contribution in [3.05, 3.63) is 46.3 Å². The van der Waals surface area contributed by atoms with Gasteiger partial charge in [0, 0.05) is 4.47 Å². The lowest BCUT2D eigenvalue weighted by atomic mass is 10.1. The highest BCUT2D eigenvalue weighted by Crippen LogP contribution is 2.35. The fraction of sp³-hybridized carbons (Fsp3) is 0.267. The number of furan rings is 1. The summed E-state index contributed by atoms with van der Waals surface area (Å²) < 4.78 is 16.4. The van der Waals surface area contributed by atoms with Crippen LogP contribution in [0.2, 0.25) is 0 Å². The predicted molar refractivity (Wildman–Crippen MR) is 81.8 cm³/mol. The minimum absolute atomic E-state index is 0.225. The first-order valence-electron chi connectivity index (χ1n) is 6.32. The van der Waals surface area contributed by atoms with Gasteiger partial charge >= 0.3 is 0 Å². The lowest BCUT2D eigenvalue weighted by Gasteiger charge is -2.18. The number of halogens is 1. The van der Waals surface area contributed by atoms with Crippen molar-refractivity contribution in [1.29, 1.82) is 0 Å². The summed E-state index contributed by atoms with van der Waals surface area (Å²) >= 11 is 3.48. The van der Waals surface area contributed by atoms with Crippen molar-refractivity contribution >= 4 is 21.8 Å². The van der Waals surface area contributed by atoms with Gasteiger partial charge in [-0.3, -0.25) is 4.79 Å². The van der Waals surface area contributed by atoms with Gasteiger partial charge in [-0.25, -0.2) is 0 Å². The monoisotopic (exact) mass is 353 g/mol. The van der Waals surface area contributed by atoms with Crippen molar-refractivity contribution in [2.24, 2.45) is 0 Å². The number of amides is 1. The van der Waals surface area contributed by atoms with Gasteiger partial charge in [0.1, 0.15) is 0 Å². The fourth-order valence-corrected chi connectivity index (χ4v) is 2.62. The Hall–Kier alpha value is -1.95. The molecule has 0 unspecified atom stereocenters. The summed E-state index contributed by atoms with van der Waals surface area (Å²) in [4.78, 5) is 12.0. The second-order valence-corrected chi connectivity index (χ2v) is 5.26. The third-order valence-corrected chi connectivity index (χ3v) is 3.75. The molecule has 0 radical (unpaired) electrons. The van der Waals surface area contributed by atoms with E-state index >= 15 is 0 Å². The van der Waals surface area contributed by atoms with E-state index in [0.29, 0.717) is 11.5 Å². The molecule has 1 aromatic heterocycles. The van der Waals surface area contributed by atoms with E-state index in [1.807, 2.05) is 19.1 Å². The average molecular weight is 354 g/mol. The number of ether oxygens (including phenoxy) is 2. The van der Waals surface area contributed by atoms with Gasteiger partial charge in [-0.1, -0.05) is 15.9 Å². The number of carbonyl (C=O) groups is 1. The number of benzene rings is 1. The maximum atomic E-state index is 12.0. The first-order chi connectivity index (χ1) is 10.1. The van der Waals surface area contributed by atoms with E-state index in [0.717, 1.165) is 10.0 Å². The molecule has 21 heavy (non-hydrogen) atoms. The Morgan fingerprint density at radius 1 is 1.29 bits per heavy atom. The summed E-state index contributed by atoms with van der Waals surface area (Å²) in [5, 5.41) is 2.87. The third kappa shape index (κ3) is 3.39. The number of nitrogens with one attached hydrogen (secondary N) is 1. The lowest BCUT2D eigenvalue weighted by Crippen LogP contribution is -2.26. The van der Waals surface area contributed by atoms with Gasteiger partial charge in [-0.15, -0.1) is 0 Å². The van der Waals surface area contributed by atoms with Crippen LogP contribution in [0.3, 0.4) is 0 Å². The predicted octanol–water partition coefficient (Wildman–Crippen LogP) is 3.55. The second kappa shape index (κ2) is 6.67. The Kier molecular flexibility index (Phi) is 4.90. The van der Waals surface area contributed by atoms with E-state index in [-0.39, 0.29) is 17.7 Å². The molecule has 0 bridgehead atoms. The van der Waals surface area contributed by atoms with E-state index < -0.39 is 0 Å². The maximum absolute atomic E-state index is 12.0. The van der Waals surface area contributed by atoms with Gasteiger partial charge < -0.3 is 19.2 Å². The molecule has 0 spiro atoms. The van der Waals surface area contributed by atoms with Crippen LogP contribution in [0.5, 0.6) is 11.5 Å². The minimum Gasteiger partial charge on any atom is -0.493 e. The number of methoxy groups -OCH3 is 2. The van der Waals surface area contributed by atoms with Crippen LogP contribution in [0.15, 0.2) is 39.4 Å². The lowest BCUT2D eigenvalue weighted by molar-refractivity contribution is 0.0911. The quantitative estimate of drug-likeness (QED) is 0.892. The van der Waals surface area contributed by atoms with Crippen LogP contribution >= 0.6 is 15.9 Å². The summed E-state index contributed by atoms with van der Waals surface area (Å²) in [5.41, 5.74) is 0.882. The molecule has 0 aliphatic rings. The standard InChI is InChI=1S/C15H16BrNO4/c1-9(17-15(18)12-5-4-6-21-12)10-7-13(19-2)14(20-3)8-11(10)16/h4-9H,1-3H3,(H,17,18)/t9-/m1/s1. The van der Waals surface area contributed by atoms with Crippen molar-refractivity contribution < 1.29 is 18.7 Å². The molecule has 0 aliphatic heterocycles. The topological polar surface area (TPSA) is 60.7 Å². The molecule has 1 aromatic carbocycles. The van der Waals surface area contributed by atoms with E-state index in [1.165, 1.54) is 6.26 Å². The van der Waals surface area contributed by atoms with Crippen LogP contribution in [0.4, 0.5) is 0 Å². The van der Waals surface area contributed by atoms with Gasteiger partial charge in [0.15, 0.2) is 17.3 Å². The first kappa shape index (κ1) is 15.4. The zero-order valence-electron chi connectivity index (χ0n) is 12.0. The molecule has 2 aromatic rings. The van der Waals surface area contributed by atoms with E-state index in [9.17, 15) is 4.79 Å². The molecule has 2 rings (SSSR count). The number of carbonyl (C=O) groups excluding carboxylic acids is 1. The van der Waals surface area contributed by atoms with Crippen LogP contribution in [0.1, 0.15) is 29.1 Å². The molecule has 1 amide bonds. The molecular formula is C15H16BrNO4. The highest BCUT2D eigenvalue weighted by atomic mass is 79.9.